The van der Waals surface area contributed by atoms with Gasteiger partial charge in [0.15, 0.2) is 5.96 Å². The normalized spacial score (nSPS) is 16.9. The molecule has 0 bridgehead atoms. The smallest absolute Gasteiger partial charge is 0.416 e. The SMILES string of the molecule is CN=C(NCc1ccc(C(F)(F)F)cc1)NC1CCN(c2cc(OC)cc(OC)c2)C1. The lowest BCUT2D eigenvalue weighted by molar-refractivity contribution is -0.137. The van der Waals surface area contributed by atoms with E-state index in [1.54, 1.807) is 21.3 Å². The van der Waals surface area contributed by atoms with Crippen LogP contribution in [0.2, 0.25) is 0 Å². The highest BCUT2D eigenvalue weighted by molar-refractivity contribution is 5.80. The number of ether oxygens (including phenoxy) is 2. The molecule has 0 radical (unpaired) electrons. The fourth-order valence-corrected chi connectivity index (χ4v) is 3.47. The van der Waals surface area contributed by atoms with E-state index < -0.39 is 11.7 Å². The Bertz CT molecular complexity index is 878. The summed E-state index contributed by atoms with van der Waals surface area (Å²) >= 11 is 0. The zero-order valence-corrected chi connectivity index (χ0v) is 17.8. The summed E-state index contributed by atoms with van der Waals surface area (Å²) in [6.07, 6.45) is -3.41. The van der Waals surface area contributed by atoms with Crippen molar-refractivity contribution in [3.8, 4) is 11.5 Å². The van der Waals surface area contributed by atoms with Crippen LogP contribution in [0.15, 0.2) is 47.5 Å². The van der Waals surface area contributed by atoms with E-state index in [1.165, 1.54) is 12.1 Å². The molecule has 1 fully saturated rings. The zero-order valence-electron chi connectivity index (χ0n) is 17.8. The Labute approximate surface area is 180 Å². The molecule has 0 aromatic heterocycles. The molecule has 1 heterocycles. The van der Waals surface area contributed by atoms with Gasteiger partial charge >= 0.3 is 6.18 Å². The largest absolute Gasteiger partial charge is 0.497 e. The van der Waals surface area contributed by atoms with Crippen molar-refractivity contribution >= 4 is 11.6 Å². The molecule has 0 amide bonds. The number of anilines is 1. The van der Waals surface area contributed by atoms with Gasteiger partial charge in [-0.05, 0) is 24.1 Å². The summed E-state index contributed by atoms with van der Waals surface area (Å²) in [7, 11) is 4.92. The molecule has 9 heteroatoms. The van der Waals surface area contributed by atoms with Crippen molar-refractivity contribution in [2.24, 2.45) is 4.99 Å². The lowest BCUT2D eigenvalue weighted by atomic mass is 10.1. The van der Waals surface area contributed by atoms with Gasteiger partial charge in [-0.15, -0.1) is 0 Å². The quantitative estimate of drug-likeness (QED) is 0.535. The molecular weight excluding hydrogens is 409 g/mol. The molecule has 0 saturated carbocycles. The van der Waals surface area contributed by atoms with E-state index >= 15 is 0 Å². The van der Waals surface area contributed by atoms with Crippen LogP contribution in [0.5, 0.6) is 11.5 Å². The van der Waals surface area contributed by atoms with E-state index in [1.807, 2.05) is 18.2 Å². The van der Waals surface area contributed by atoms with E-state index in [9.17, 15) is 13.2 Å². The Balaban J connectivity index is 1.55. The first-order valence-electron chi connectivity index (χ1n) is 9.93. The molecule has 0 aliphatic carbocycles. The molecule has 1 atom stereocenters. The number of rotatable bonds is 6. The minimum Gasteiger partial charge on any atom is -0.497 e. The third-order valence-corrected chi connectivity index (χ3v) is 5.20. The predicted molar refractivity (Wildman–Crippen MR) is 115 cm³/mol. The Morgan fingerprint density at radius 1 is 1.10 bits per heavy atom. The highest BCUT2D eigenvalue weighted by Crippen LogP contribution is 2.31. The fraction of sp³-hybridized carbons (Fsp3) is 0.409. The number of benzene rings is 2. The summed E-state index contributed by atoms with van der Waals surface area (Å²) in [5.41, 5.74) is 1.11. The van der Waals surface area contributed by atoms with Crippen LogP contribution >= 0.6 is 0 Å². The Morgan fingerprint density at radius 2 is 1.74 bits per heavy atom. The number of hydrogen-bond donors (Lipinski definition) is 2. The zero-order chi connectivity index (χ0) is 22.4. The number of guanidine groups is 1. The third kappa shape index (κ3) is 5.96. The van der Waals surface area contributed by atoms with Gasteiger partial charge < -0.3 is 25.0 Å². The molecule has 2 aromatic rings. The van der Waals surface area contributed by atoms with Gasteiger partial charge in [-0.25, -0.2) is 0 Å². The summed E-state index contributed by atoms with van der Waals surface area (Å²) in [6, 6.07) is 11.1. The van der Waals surface area contributed by atoms with Gasteiger partial charge in [-0.2, -0.15) is 13.2 Å². The Kier molecular flexibility index (Phi) is 7.14. The summed E-state index contributed by atoms with van der Waals surface area (Å²) in [5, 5.41) is 6.54. The number of nitrogens with one attached hydrogen (secondary N) is 2. The molecule has 31 heavy (non-hydrogen) atoms. The van der Waals surface area contributed by atoms with Crippen molar-refractivity contribution in [1.29, 1.82) is 0 Å². The number of methoxy groups -OCH3 is 2. The molecule has 1 aliphatic heterocycles. The van der Waals surface area contributed by atoms with Gasteiger partial charge in [0.25, 0.3) is 0 Å². The molecule has 3 rings (SSSR count). The van der Waals surface area contributed by atoms with Crippen LogP contribution in [0.1, 0.15) is 17.5 Å². The van der Waals surface area contributed by atoms with Gasteiger partial charge in [0.2, 0.25) is 0 Å². The van der Waals surface area contributed by atoms with E-state index in [2.05, 4.69) is 20.5 Å². The van der Waals surface area contributed by atoms with E-state index in [0.29, 0.717) is 12.5 Å². The van der Waals surface area contributed by atoms with Gasteiger partial charge in [0.1, 0.15) is 11.5 Å². The first-order chi connectivity index (χ1) is 14.8. The average molecular weight is 436 g/mol. The number of nitrogens with zero attached hydrogens (tertiary/aromatic N) is 2. The molecule has 2 N–H and O–H groups in total. The third-order valence-electron chi connectivity index (χ3n) is 5.20. The fourth-order valence-electron chi connectivity index (χ4n) is 3.47. The number of aliphatic imine (C=N–C) groups is 1. The second-order valence-corrected chi connectivity index (χ2v) is 7.27. The van der Waals surface area contributed by atoms with Gasteiger partial charge in [-0.3, -0.25) is 4.99 Å². The van der Waals surface area contributed by atoms with Crippen molar-refractivity contribution in [3.63, 3.8) is 0 Å². The molecule has 1 unspecified atom stereocenters. The first-order valence-corrected chi connectivity index (χ1v) is 9.93. The van der Waals surface area contributed by atoms with E-state index in [-0.39, 0.29) is 6.04 Å². The van der Waals surface area contributed by atoms with Crippen LogP contribution in [0.4, 0.5) is 18.9 Å². The van der Waals surface area contributed by atoms with E-state index in [0.717, 1.165) is 54.4 Å². The molecule has 0 spiro atoms. The Morgan fingerprint density at radius 3 is 2.29 bits per heavy atom. The molecule has 1 saturated heterocycles. The topological polar surface area (TPSA) is 58.1 Å². The number of alkyl halides is 3. The minimum atomic E-state index is -4.33. The van der Waals surface area contributed by atoms with Crippen LogP contribution < -0.4 is 25.0 Å². The summed E-state index contributed by atoms with van der Waals surface area (Å²) < 4.78 is 48.8. The summed E-state index contributed by atoms with van der Waals surface area (Å²) in [4.78, 5) is 6.47. The first kappa shape index (κ1) is 22.6. The molecule has 1 aliphatic rings. The van der Waals surface area contributed by atoms with Crippen LogP contribution in [0, 0.1) is 0 Å². The monoisotopic (exact) mass is 436 g/mol. The van der Waals surface area contributed by atoms with Crippen LogP contribution in [0.3, 0.4) is 0 Å². The van der Waals surface area contributed by atoms with Crippen molar-refractivity contribution in [2.75, 3.05) is 39.3 Å². The second-order valence-electron chi connectivity index (χ2n) is 7.27. The number of halogens is 3. The maximum atomic E-state index is 12.7. The van der Waals surface area contributed by atoms with Crippen LogP contribution in [-0.4, -0.2) is 46.4 Å². The lowest BCUT2D eigenvalue weighted by Crippen LogP contribution is -2.44. The highest BCUT2D eigenvalue weighted by Gasteiger charge is 2.30. The molecular formula is C22H27F3N4O2. The standard InChI is InChI=1S/C22H27F3N4O2/c1-26-21(27-13-15-4-6-16(7-5-15)22(23,24)25)28-17-8-9-29(14-17)18-10-19(30-2)12-20(11-18)31-3/h4-7,10-12,17H,8-9,13-14H2,1-3H3,(H2,26,27,28). The van der Waals surface area contributed by atoms with Crippen LogP contribution in [-0.2, 0) is 12.7 Å². The van der Waals surface area contributed by atoms with Gasteiger partial charge in [0, 0.05) is 56.6 Å². The maximum absolute atomic E-state index is 12.7. The number of hydrogen-bond acceptors (Lipinski definition) is 4. The van der Waals surface area contributed by atoms with Crippen molar-refractivity contribution in [3.05, 3.63) is 53.6 Å². The molecule has 2 aromatic carbocycles. The predicted octanol–water partition coefficient (Wildman–Crippen LogP) is 3.67. The van der Waals surface area contributed by atoms with Gasteiger partial charge in [0.05, 0.1) is 19.8 Å². The maximum Gasteiger partial charge on any atom is 0.416 e. The second kappa shape index (κ2) is 9.80. The molecule has 168 valence electrons. The van der Waals surface area contributed by atoms with Crippen LogP contribution in [0.25, 0.3) is 0 Å². The summed E-state index contributed by atoms with van der Waals surface area (Å²) in [6.45, 7) is 2.02. The van der Waals surface area contributed by atoms with E-state index in [4.69, 9.17) is 9.47 Å². The average Bonchev–Trinajstić information content (AvgIpc) is 3.24. The highest BCUT2D eigenvalue weighted by atomic mass is 19.4. The van der Waals surface area contributed by atoms with Crippen molar-refractivity contribution < 1.29 is 22.6 Å². The van der Waals surface area contributed by atoms with Gasteiger partial charge in [-0.1, -0.05) is 12.1 Å². The molecule has 6 nitrogen and oxygen atoms in total. The van der Waals surface area contributed by atoms with Crippen molar-refractivity contribution in [2.45, 2.75) is 25.2 Å². The Hall–Kier alpha value is -3.10. The lowest BCUT2D eigenvalue weighted by Gasteiger charge is -2.21. The summed E-state index contributed by atoms with van der Waals surface area (Å²) in [5.74, 6) is 2.08. The van der Waals surface area contributed by atoms with Crippen molar-refractivity contribution in [1.82, 2.24) is 10.6 Å². The minimum absolute atomic E-state index is 0.177.